The third kappa shape index (κ3) is 4.14. The maximum atomic E-state index is 8.65. The number of piperazine rings is 1. The van der Waals surface area contributed by atoms with E-state index < -0.39 is 0 Å². The molecule has 0 aliphatic carbocycles. The predicted octanol–water partition coefficient (Wildman–Crippen LogP) is -0.226. The third-order valence-corrected chi connectivity index (χ3v) is 3.42. The SMILES string of the molecule is COC(C)CN1CCN(C(C)C(N)=NO)CC1. The fourth-order valence-electron chi connectivity index (χ4n) is 2.04. The molecule has 6 heteroatoms. The Labute approximate surface area is 103 Å². The second kappa shape index (κ2) is 6.78. The van der Waals surface area contributed by atoms with Crippen molar-refractivity contribution in [1.29, 1.82) is 0 Å². The number of methoxy groups -OCH3 is 1. The van der Waals surface area contributed by atoms with Gasteiger partial charge in [0.1, 0.15) is 0 Å². The minimum Gasteiger partial charge on any atom is -0.409 e. The Kier molecular flexibility index (Phi) is 5.67. The highest BCUT2D eigenvalue weighted by molar-refractivity contribution is 5.84. The van der Waals surface area contributed by atoms with E-state index in [9.17, 15) is 0 Å². The zero-order valence-electron chi connectivity index (χ0n) is 11.0. The molecule has 0 aromatic carbocycles. The van der Waals surface area contributed by atoms with Gasteiger partial charge < -0.3 is 15.7 Å². The summed E-state index contributed by atoms with van der Waals surface area (Å²) in [6.07, 6.45) is 0.267. The first kappa shape index (κ1) is 14.2. The van der Waals surface area contributed by atoms with Gasteiger partial charge in [0.05, 0.1) is 12.1 Å². The molecule has 1 aliphatic heterocycles. The van der Waals surface area contributed by atoms with Crippen LogP contribution >= 0.6 is 0 Å². The monoisotopic (exact) mass is 244 g/mol. The van der Waals surface area contributed by atoms with Crippen molar-refractivity contribution in [3.8, 4) is 0 Å². The number of ether oxygens (including phenoxy) is 1. The van der Waals surface area contributed by atoms with Crippen LogP contribution in [0.3, 0.4) is 0 Å². The minimum atomic E-state index is 0.00185. The highest BCUT2D eigenvalue weighted by Gasteiger charge is 2.23. The van der Waals surface area contributed by atoms with Crippen LogP contribution in [-0.2, 0) is 4.74 Å². The van der Waals surface area contributed by atoms with E-state index in [1.807, 2.05) is 6.92 Å². The van der Waals surface area contributed by atoms with Crippen LogP contribution in [0.15, 0.2) is 5.16 Å². The quantitative estimate of drug-likeness (QED) is 0.302. The van der Waals surface area contributed by atoms with Gasteiger partial charge in [-0.25, -0.2) is 0 Å². The standard InChI is InChI=1S/C11H24N4O2/c1-9(17-3)8-14-4-6-15(7-5-14)10(2)11(12)13-16/h9-10,16H,4-8H2,1-3H3,(H2,12,13). The third-order valence-electron chi connectivity index (χ3n) is 3.42. The highest BCUT2D eigenvalue weighted by atomic mass is 16.5. The minimum absolute atomic E-state index is 0.00185. The number of hydrogen-bond acceptors (Lipinski definition) is 5. The number of oxime groups is 1. The van der Waals surface area contributed by atoms with Crippen LogP contribution in [0.5, 0.6) is 0 Å². The average molecular weight is 244 g/mol. The summed E-state index contributed by atoms with van der Waals surface area (Å²) in [5.41, 5.74) is 5.61. The van der Waals surface area contributed by atoms with Crippen LogP contribution in [0.25, 0.3) is 0 Å². The van der Waals surface area contributed by atoms with Crippen molar-refractivity contribution in [2.45, 2.75) is 26.0 Å². The first-order chi connectivity index (χ1) is 8.08. The van der Waals surface area contributed by atoms with Crippen LogP contribution in [0, 0.1) is 0 Å². The number of rotatable bonds is 5. The van der Waals surface area contributed by atoms with E-state index in [-0.39, 0.29) is 18.0 Å². The van der Waals surface area contributed by atoms with Crippen molar-refractivity contribution in [2.24, 2.45) is 10.9 Å². The molecule has 17 heavy (non-hydrogen) atoms. The zero-order valence-corrected chi connectivity index (χ0v) is 11.0. The Bertz CT molecular complexity index is 252. The molecule has 0 bridgehead atoms. The maximum absolute atomic E-state index is 8.65. The lowest BCUT2D eigenvalue weighted by atomic mass is 10.2. The lowest BCUT2D eigenvalue weighted by molar-refractivity contribution is 0.0495. The van der Waals surface area contributed by atoms with Crippen LogP contribution in [0.1, 0.15) is 13.8 Å². The summed E-state index contributed by atoms with van der Waals surface area (Å²) in [4.78, 5) is 4.60. The number of hydrogen-bond donors (Lipinski definition) is 2. The van der Waals surface area contributed by atoms with Gasteiger partial charge in [-0.05, 0) is 13.8 Å². The normalized spacial score (nSPS) is 23.6. The smallest absolute Gasteiger partial charge is 0.156 e. The van der Waals surface area contributed by atoms with E-state index in [2.05, 4.69) is 21.9 Å². The van der Waals surface area contributed by atoms with Crippen molar-refractivity contribution in [1.82, 2.24) is 9.80 Å². The lowest BCUT2D eigenvalue weighted by Gasteiger charge is -2.38. The van der Waals surface area contributed by atoms with Gasteiger partial charge >= 0.3 is 0 Å². The van der Waals surface area contributed by atoms with Crippen LogP contribution in [0.2, 0.25) is 0 Å². The molecule has 0 radical (unpaired) electrons. The van der Waals surface area contributed by atoms with Gasteiger partial charge in [-0.15, -0.1) is 0 Å². The molecule has 1 aliphatic rings. The molecule has 1 rings (SSSR count). The molecule has 1 fully saturated rings. The summed E-state index contributed by atoms with van der Waals surface area (Å²) >= 11 is 0. The zero-order chi connectivity index (χ0) is 12.8. The van der Waals surface area contributed by atoms with Crippen molar-refractivity contribution in [2.75, 3.05) is 39.8 Å². The van der Waals surface area contributed by atoms with Gasteiger partial charge in [0, 0.05) is 39.8 Å². The topological polar surface area (TPSA) is 74.3 Å². The van der Waals surface area contributed by atoms with E-state index in [1.54, 1.807) is 7.11 Å². The summed E-state index contributed by atoms with van der Waals surface area (Å²) in [6.45, 7) is 8.87. The molecule has 0 aromatic rings. The molecule has 0 amide bonds. The van der Waals surface area contributed by atoms with Crippen LogP contribution in [0.4, 0.5) is 0 Å². The molecule has 0 spiro atoms. The fraction of sp³-hybridized carbons (Fsp3) is 0.909. The van der Waals surface area contributed by atoms with Crippen molar-refractivity contribution in [3.63, 3.8) is 0 Å². The Balaban J connectivity index is 2.35. The Hall–Kier alpha value is -0.850. The molecule has 1 saturated heterocycles. The van der Waals surface area contributed by atoms with Crippen LogP contribution in [-0.4, -0.2) is 72.8 Å². The van der Waals surface area contributed by atoms with Gasteiger partial charge in [0.25, 0.3) is 0 Å². The summed E-state index contributed by atoms with van der Waals surface area (Å²) in [5, 5.41) is 11.7. The largest absolute Gasteiger partial charge is 0.409 e. The first-order valence-electron chi connectivity index (χ1n) is 6.05. The lowest BCUT2D eigenvalue weighted by Crippen LogP contribution is -2.54. The summed E-state index contributed by atoms with van der Waals surface area (Å²) < 4.78 is 5.26. The predicted molar refractivity (Wildman–Crippen MR) is 67.4 cm³/mol. The van der Waals surface area contributed by atoms with Crippen molar-refractivity contribution in [3.05, 3.63) is 0 Å². The molecule has 0 aromatic heterocycles. The summed E-state index contributed by atoms with van der Waals surface area (Å²) in [5.74, 6) is 0.281. The van der Waals surface area contributed by atoms with E-state index in [0.717, 1.165) is 32.7 Å². The number of nitrogens with zero attached hydrogens (tertiary/aromatic N) is 3. The van der Waals surface area contributed by atoms with Gasteiger partial charge in [0.15, 0.2) is 5.84 Å². The molecule has 3 N–H and O–H groups in total. The molecular weight excluding hydrogens is 220 g/mol. The van der Waals surface area contributed by atoms with Gasteiger partial charge in [-0.1, -0.05) is 5.16 Å². The Morgan fingerprint density at radius 1 is 1.35 bits per heavy atom. The van der Waals surface area contributed by atoms with Crippen molar-refractivity contribution < 1.29 is 9.94 Å². The summed E-state index contributed by atoms with van der Waals surface area (Å²) in [7, 11) is 1.74. The number of amidine groups is 1. The van der Waals surface area contributed by atoms with E-state index in [0.29, 0.717) is 0 Å². The Morgan fingerprint density at radius 3 is 2.41 bits per heavy atom. The molecule has 2 unspecified atom stereocenters. The molecule has 100 valence electrons. The molecule has 0 saturated carbocycles. The van der Waals surface area contributed by atoms with E-state index >= 15 is 0 Å². The number of nitrogens with two attached hydrogens (primary N) is 1. The highest BCUT2D eigenvalue weighted by Crippen LogP contribution is 2.07. The molecule has 6 nitrogen and oxygen atoms in total. The molecule has 1 heterocycles. The molecular formula is C11H24N4O2. The second-order valence-electron chi connectivity index (χ2n) is 4.58. The van der Waals surface area contributed by atoms with Crippen LogP contribution < -0.4 is 5.73 Å². The van der Waals surface area contributed by atoms with E-state index in [1.165, 1.54) is 0 Å². The van der Waals surface area contributed by atoms with Crippen molar-refractivity contribution >= 4 is 5.84 Å². The van der Waals surface area contributed by atoms with Gasteiger partial charge in [-0.3, -0.25) is 9.80 Å². The summed E-state index contributed by atoms with van der Waals surface area (Å²) in [6, 6.07) is 0.00185. The Morgan fingerprint density at radius 2 is 1.94 bits per heavy atom. The second-order valence-corrected chi connectivity index (χ2v) is 4.58. The maximum Gasteiger partial charge on any atom is 0.156 e. The van der Waals surface area contributed by atoms with E-state index in [4.69, 9.17) is 15.7 Å². The van der Waals surface area contributed by atoms with Gasteiger partial charge in [0.2, 0.25) is 0 Å². The first-order valence-corrected chi connectivity index (χ1v) is 6.05. The molecule has 2 atom stereocenters. The van der Waals surface area contributed by atoms with Gasteiger partial charge in [-0.2, -0.15) is 0 Å². The average Bonchev–Trinajstić information content (AvgIpc) is 2.37. The fourth-order valence-corrected chi connectivity index (χ4v) is 2.04.